The van der Waals surface area contributed by atoms with Gasteiger partial charge in [-0.25, -0.2) is 9.37 Å². The highest BCUT2D eigenvalue weighted by Gasteiger charge is 2.09. The number of fused-ring (bicyclic) bond motifs is 1. The number of hydrogen-bond donors (Lipinski definition) is 2. The average molecular weight is 392 g/mol. The molecule has 0 radical (unpaired) electrons. The van der Waals surface area contributed by atoms with Crippen molar-refractivity contribution < 1.29 is 14.0 Å². The second-order valence-electron chi connectivity index (χ2n) is 5.55. The second-order valence-corrected chi connectivity index (χ2v) is 7.01. The van der Waals surface area contributed by atoms with Gasteiger partial charge in [-0.05, 0) is 48.9 Å². The smallest absolute Gasteiger partial charge is 0.251 e. The number of anilines is 1. The number of nitrogens with zero attached hydrogens (tertiary/aromatic N) is 1. The Bertz CT molecular complexity index is 943. The van der Waals surface area contributed by atoms with E-state index in [4.69, 9.17) is 11.6 Å². The molecular formula is C18H15ClFN3O2S. The molecule has 8 heteroatoms. The van der Waals surface area contributed by atoms with Crippen LogP contribution < -0.4 is 10.6 Å². The average Bonchev–Trinajstić information content (AvgIpc) is 3.00. The van der Waals surface area contributed by atoms with Crippen LogP contribution in [0.1, 0.15) is 23.2 Å². The molecule has 0 unspecified atom stereocenters. The molecule has 0 atom stereocenters. The van der Waals surface area contributed by atoms with Crippen LogP contribution in [0.3, 0.4) is 0 Å². The number of carbonyl (C=O) groups is 2. The van der Waals surface area contributed by atoms with Crippen LogP contribution in [0.5, 0.6) is 0 Å². The Hall–Kier alpha value is -2.51. The van der Waals surface area contributed by atoms with Crippen molar-refractivity contribution in [1.29, 1.82) is 0 Å². The van der Waals surface area contributed by atoms with Crippen molar-refractivity contribution in [3.05, 3.63) is 58.9 Å². The van der Waals surface area contributed by atoms with E-state index in [0.29, 0.717) is 38.9 Å². The van der Waals surface area contributed by atoms with Crippen molar-refractivity contribution in [2.75, 3.05) is 11.9 Å². The molecule has 2 amide bonds. The molecule has 3 aromatic rings. The van der Waals surface area contributed by atoms with Crippen molar-refractivity contribution in [2.45, 2.75) is 12.8 Å². The zero-order valence-electron chi connectivity index (χ0n) is 13.6. The number of hydrogen-bond acceptors (Lipinski definition) is 4. The summed E-state index contributed by atoms with van der Waals surface area (Å²) in [5, 5.41) is 6.44. The zero-order chi connectivity index (χ0) is 18.5. The number of rotatable bonds is 6. The highest BCUT2D eigenvalue weighted by atomic mass is 35.5. The van der Waals surface area contributed by atoms with E-state index in [2.05, 4.69) is 15.6 Å². The van der Waals surface area contributed by atoms with Crippen LogP contribution in [0.2, 0.25) is 5.02 Å². The molecule has 0 aliphatic rings. The molecule has 0 bridgehead atoms. The predicted molar refractivity (Wildman–Crippen MR) is 101 cm³/mol. The third kappa shape index (κ3) is 4.77. The first kappa shape index (κ1) is 18.3. The molecule has 3 rings (SSSR count). The lowest BCUT2D eigenvalue weighted by Gasteiger charge is -2.05. The molecule has 26 heavy (non-hydrogen) atoms. The monoisotopic (exact) mass is 391 g/mol. The highest BCUT2D eigenvalue weighted by Crippen LogP contribution is 2.26. The summed E-state index contributed by atoms with van der Waals surface area (Å²) in [6.45, 7) is 0.375. The summed E-state index contributed by atoms with van der Waals surface area (Å²) in [5.41, 5.74) is 1.16. The molecule has 0 aliphatic heterocycles. The summed E-state index contributed by atoms with van der Waals surface area (Å²) in [6, 6.07) is 10.9. The fraction of sp³-hybridized carbons (Fsp3) is 0.167. The first-order chi connectivity index (χ1) is 12.5. The number of amides is 2. The van der Waals surface area contributed by atoms with Gasteiger partial charge in [0.2, 0.25) is 5.91 Å². The van der Waals surface area contributed by atoms with Crippen LogP contribution >= 0.6 is 22.9 Å². The lowest BCUT2D eigenvalue weighted by molar-refractivity contribution is -0.116. The summed E-state index contributed by atoms with van der Waals surface area (Å²) >= 11 is 7.00. The zero-order valence-corrected chi connectivity index (χ0v) is 15.2. The number of halogens is 2. The quantitative estimate of drug-likeness (QED) is 0.617. The Labute approximate surface area is 158 Å². The van der Waals surface area contributed by atoms with Crippen molar-refractivity contribution in [2.24, 2.45) is 0 Å². The summed E-state index contributed by atoms with van der Waals surface area (Å²) in [5.74, 6) is -0.754. The summed E-state index contributed by atoms with van der Waals surface area (Å²) in [6.07, 6.45) is 0.732. The lowest BCUT2D eigenvalue weighted by Crippen LogP contribution is -2.25. The number of thiazole rings is 1. The maximum Gasteiger partial charge on any atom is 0.251 e. The summed E-state index contributed by atoms with van der Waals surface area (Å²) in [7, 11) is 0. The third-order valence-corrected chi connectivity index (χ3v) is 4.75. The van der Waals surface area contributed by atoms with Gasteiger partial charge in [0.25, 0.3) is 5.91 Å². The van der Waals surface area contributed by atoms with Crippen LogP contribution in [0.15, 0.2) is 42.5 Å². The Morgan fingerprint density at radius 2 is 1.92 bits per heavy atom. The maximum absolute atomic E-state index is 13.2. The van der Waals surface area contributed by atoms with Crippen molar-refractivity contribution in [3.8, 4) is 0 Å². The van der Waals surface area contributed by atoms with Crippen LogP contribution in [0.4, 0.5) is 9.52 Å². The Kier molecular flexibility index (Phi) is 5.80. The van der Waals surface area contributed by atoms with E-state index < -0.39 is 0 Å². The van der Waals surface area contributed by atoms with E-state index in [1.165, 1.54) is 23.5 Å². The van der Waals surface area contributed by atoms with Crippen molar-refractivity contribution >= 4 is 50.1 Å². The molecule has 1 heterocycles. The van der Waals surface area contributed by atoms with E-state index in [0.717, 1.165) is 0 Å². The van der Waals surface area contributed by atoms with Crippen LogP contribution in [-0.2, 0) is 4.79 Å². The van der Waals surface area contributed by atoms with Crippen LogP contribution in [0, 0.1) is 5.82 Å². The topological polar surface area (TPSA) is 71.1 Å². The maximum atomic E-state index is 13.2. The standard InChI is InChI=1S/C18H15ClFN3O2S/c19-12-5-3-11(4-6-12)17(25)21-9-1-2-16(24)23-18-22-14-8-7-13(20)10-15(14)26-18/h3-8,10H,1-2,9H2,(H,21,25)(H,22,23,24). The first-order valence-electron chi connectivity index (χ1n) is 7.91. The van der Waals surface area contributed by atoms with Crippen molar-refractivity contribution in [1.82, 2.24) is 10.3 Å². The number of aromatic nitrogens is 1. The number of benzene rings is 2. The third-order valence-electron chi connectivity index (χ3n) is 3.57. The summed E-state index contributed by atoms with van der Waals surface area (Å²) < 4.78 is 13.8. The van der Waals surface area contributed by atoms with Crippen LogP contribution in [-0.4, -0.2) is 23.3 Å². The lowest BCUT2D eigenvalue weighted by atomic mass is 10.2. The molecule has 5 nitrogen and oxygen atoms in total. The normalized spacial score (nSPS) is 10.7. The molecular weight excluding hydrogens is 377 g/mol. The molecule has 0 saturated carbocycles. The molecule has 0 fully saturated rings. The number of carbonyl (C=O) groups excluding carboxylic acids is 2. The van der Waals surface area contributed by atoms with Gasteiger partial charge in [-0.2, -0.15) is 0 Å². The summed E-state index contributed by atoms with van der Waals surface area (Å²) in [4.78, 5) is 28.1. The molecule has 0 saturated heterocycles. The Morgan fingerprint density at radius 1 is 1.15 bits per heavy atom. The van der Waals surface area contributed by atoms with E-state index in [-0.39, 0.29) is 24.1 Å². The van der Waals surface area contributed by atoms with E-state index in [1.54, 1.807) is 30.3 Å². The molecule has 2 aromatic carbocycles. The van der Waals surface area contributed by atoms with Gasteiger partial charge in [0.15, 0.2) is 5.13 Å². The van der Waals surface area contributed by atoms with Gasteiger partial charge in [-0.3, -0.25) is 9.59 Å². The molecule has 2 N–H and O–H groups in total. The predicted octanol–water partition coefficient (Wildman–Crippen LogP) is 4.24. The molecule has 1 aromatic heterocycles. The molecule has 0 aliphatic carbocycles. The fourth-order valence-electron chi connectivity index (χ4n) is 2.29. The first-order valence-corrected chi connectivity index (χ1v) is 9.10. The minimum Gasteiger partial charge on any atom is -0.352 e. The number of nitrogens with one attached hydrogen (secondary N) is 2. The van der Waals surface area contributed by atoms with Crippen molar-refractivity contribution in [3.63, 3.8) is 0 Å². The van der Waals surface area contributed by atoms with Crippen LogP contribution in [0.25, 0.3) is 10.2 Å². The Morgan fingerprint density at radius 3 is 2.69 bits per heavy atom. The fourth-order valence-corrected chi connectivity index (χ4v) is 3.32. The highest BCUT2D eigenvalue weighted by molar-refractivity contribution is 7.22. The molecule has 0 spiro atoms. The largest absolute Gasteiger partial charge is 0.352 e. The van der Waals surface area contributed by atoms with Gasteiger partial charge in [0.05, 0.1) is 10.2 Å². The van der Waals surface area contributed by atoms with E-state index >= 15 is 0 Å². The van der Waals surface area contributed by atoms with Gasteiger partial charge < -0.3 is 10.6 Å². The minimum atomic E-state index is -0.338. The van der Waals surface area contributed by atoms with Gasteiger partial charge in [0.1, 0.15) is 5.82 Å². The van der Waals surface area contributed by atoms with Gasteiger partial charge in [-0.15, -0.1) is 0 Å². The SMILES string of the molecule is O=C(CCCNC(=O)c1ccc(Cl)cc1)Nc1nc2ccc(F)cc2s1. The van der Waals surface area contributed by atoms with E-state index in [1.807, 2.05) is 0 Å². The minimum absolute atomic E-state index is 0.203. The van der Waals surface area contributed by atoms with Gasteiger partial charge >= 0.3 is 0 Å². The molecule has 134 valence electrons. The Balaban J connectivity index is 1.43. The van der Waals surface area contributed by atoms with E-state index in [9.17, 15) is 14.0 Å². The van der Waals surface area contributed by atoms with Gasteiger partial charge in [-0.1, -0.05) is 22.9 Å². The van der Waals surface area contributed by atoms with Gasteiger partial charge in [0, 0.05) is 23.6 Å². The second kappa shape index (κ2) is 8.25.